The van der Waals surface area contributed by atoms with Crippen LogP contribution in [-0.2, 0) is 10.5 Å². The minimum atomic E-state index is -0.0694. The van der Waals surface area contributed by atoms with Crippen LogP contribution in [0.4, 0.5) is 5.13 Å². The number of para-hydroxylation sites is 1. The molecule has 0 saturated heterocycles. The molecule has 0 spiro atoms. The molecule has 7 heteroatoms. The Morgan fingerprint density at radius 3 is 2.54 bits per heavy atom. The number of thioether (sulfide) groups is 1. The standard InChI is InChI=1S/C19H19N3O2S2/c23-17(12-7-13-24-15-8-3-1-4-9-15)20-19-22-21-18(26-19)14-25-16-10-5-2-6-11-16/h1-6,8-11H,7,12-14H2,(H,20,22,23). The van der Waals surface area contributed by atoms with Crippen molar-refractivity contribution in [3.8, 4) is 5.75 Å². The van der Waals surface area contributed by atoms with E-state index < -0.39 is 0 Å². The highest BCUT2D eigenvalue weighted by molar-refractivity contribution is 7.98. The molecule has 26 heavy (non-hydrogen) atoms. The molecule has 0 fully saturated rings. The van der Waals surface area contributed by atoms with Crippen LogP contribution in [0, 0.1) is 0 Å². The number of benzene rings is 2. The molecule has 0 bridgehead atoms. The number of hydrogen-bond acceptors (Lipinski definition) is 6. The van der Waals surface area contributed by atoms with Crippen LogP contribution in [0.15, 0.2) is 65.6 Å². The number of amides is 1. The summed E-state index contributed by atoms with van der Waals surface area (Å²) in [5.41, 5.74) is 0. The van der Waals surface area contributed by atoms with Crippen LogP contribution in [-0.4, -0.2) is 22.7 Å². The Morgan fingerprint density at radius 2 is 1.77 bits per heavy atom. The number of hydrogen-bond donors (Lipinski definition) is 1. The fourth-order valence-electron chi connectivity index (χ4n) is 2.15. The third kappa shape index (κ3) is 6.16. The van der Waals surface area contributed by atoms with Gasteiger partial charge >= 0.3 is 0 Å². The molecular weight excluding hydrogens is 366 g/mol. The van der Waals surface area contributed by atoms with Crippen molar-refractivity contribution in [2.75, 3.05) is 11.9 Å². The summed E-state index contributed by atoms with van der Waals surface area (Å²) in [6.07, 6.45) is 1.04. The van der Waals surface area contributed by atoms with Gasteiger partial charge in [0.25, 0.3) is 0 Å². The first kappa shape index (κ1) is 18.4. The van der Waals surface area contributed by atoms with Crippen molar-refractivity contribution in [2.24, 2.45) is 0 Å². The summed E-state index contributed by atoms with van der Waals surface area (Å²) in [6.45, 7) is 0.506. The summed E-state index contributed by atoms with van der Waals surface area (Å²) < 4.78 is 5.58. The molecular formula is C19H19N3O2S2. The Balaban J connectivity index is 1.36. The topological polar surface area (TPSA) is 64.1 Å². The predicted molar refractivity (Wildman–Crippen MR) is 106 cm³/mol. The van der Waals surface area contributed by atoms with E-state index in [9.17, 15) is 4.79 Å². The first-order valence-electron chi connectivity index (χ1n) is 8.27. The fraction of sp³-hybridized carbons (Fsp3) is 0.211. The largest absolute Gasteiger partial charge is 0.494 e. The second-order valence-corrected chi connectivity index (χ2v) is 7.53. The summed E-state index contributed by atoms with van der Waals surface area (Å²) in [5.74, 6) is 1.49. The first-order chi connectivity index (χ1) is 12.8. The zero-order chi connectivity index (χ0) is 18.0. The number of rotatable bonds is 9. The first-order valence-corrected chi connectivity index (χ1v) is 10.1. The number of aromatic nitrogens is 2. The zero-order valence-corrected chi connectivity index (χ0v) is 15.8. The molecule has 0 radical (unpaired) electrons. The van der Waals surface area contributed by atoms with Crippen LogP contribution in [0.1, 0.15) is 17.8 Å². The highest BCUT2D eigenvalue weighted by Crippen LogP contribution is 2.25. The molecule has 0 aliphatic carbocycles. The van der Waals surface area contributed by atoms with Crippen molar-refractivity contribution in [3.63, 3.8) is 0 Å². The van der Waals surface area contributed by atoms with Crippen LogP contribution >= 0.6 is 23.1 Å². The second kappa shape index (κ2) is 9.94. The Bertz CT molecular complexity index is 810. The summed E-state index contributed by atoms with van der Waals surface area (Å²) in [6, 6.07) is 19.7. The molecule has 0 saturated carbocycles. The van der Waals surface area contributed by atoms with E-state index in [0.717, 1.165) is 16.5 Å². The molecule has 0 aliphatic rings. The van der Waals surface area contributed by atoms with E-state index in [1.807, 2.05) is 48.5 Å². The van der Waals surface area contributed by atoms with Crippen LogP contribution < -0.4 is 10.1 Å². The van der Waals surface area contributed by atoms with E-state index in [-0.39, 0.29) is 5.91 Å². The van der Waals surface area contributed by atoms with E-state index in [0.29, 0.717) is 24.6 Å². The Labute approximate surface area is 160 Å². The lowest BCUT2D eigenvalue weighted by atomic mass is 10.3. The number of ether oxygens (including phenoxy) is 1. The number of carbonyl (C=O) groups excluding carboxylic acids is 1. The molecule has 0 atom stereocenters. The minimum Gasteiger partial charge on any atom is -0.494 e. The maximum Gasteiger partial charge on any atom is 0.226 e. The molecule has 3 rings (SSSR count). The summed E-state index contributed by atoms with van der Waals surface area (Å²) in [7, 11) is 0. The number of anilines is 1. The Hall–Kier alpha value is -2.38. The summed E-state index contributed by atoms with van der Waals surface area (Å²) >= 11 is 3.11. The van der Waals surface area contributed by atoms with Crippen molar-refractivity contribution in [3.05, 3.63) is 65.7 Å². The Kier molecular flexibility index (Phi) is 7.04. The van der Waals surface area contributed by atoms with Crippen molar-refractivity contribution < 1.29 is 9.53 Å². The number of nitrogens with one attached hydrogen (secondary N) is 1. The van der Waals surface area contributed by atoms with E-state index in [2.05, 4.69) is 27.6 Å². The third-order valence-electron chi connectivity index (χ3n) is 3.38. The van der Waals surface area contributed by atoms with Gasteiger partial charge in [0.05, 0.1) is 12.4 Å². The molecule has 2 aromatic carbocycles. The van der Waals surface area contributed by atoms with Gasteiger partial charge in [-0.15, -0.1) is 22.0 Å². The third-order valence-corrected chi connectivity index (χ3v) is 5.42. The van der Waals surface area contributed by atoms with E-state index in [1.54, 1.807) is 11.8 Å². The smallest absolute Gasteiger partial charge is 0.226 e. The summed E-state index contributed by atoms with van der Waals surface area (Å²) in [4.78, 5) is 13.2. The minimum absolute atomic E-state index is 0.0694. The van der Waals surface area contributed by atoms with Crippen LogP contribution in [0.5, 0.6) is 5.75 Å². The molecule has 1 heterocycles. The molecule has 134 valence electrons. The molecule has 0 aliphatic heterocycles. The average molecular weight is 386 g/mol. The van der Waals surface area contributed by atoms with E-state index in [1.165, 1.54) is 16.2 Å². The number of carbonyl (C=O) groups is 1. The highest BCUT2D eigenvalue weighted by atomic mass is 32.2. The normalized spacial score (nSPS) is 10.5. The van der Waals surface area contributed by atoms with Gasteiger partial charge in [0.2, 0.25) is 11.0 Å². The van der Waals surface area contributed by atoms with Crippen LogP contribution in [0.3, 0.4) is 0 Å². The SMILES string of the molecule is O=C(CCCOc1ccccc1)Nc1nnc(CSc2ccccc2)s1. The highest BCUT2D eigenvalue weighted by Gasteiger charge is 2.08. The molecule has 0 unspecified atom stereocenters. The molecule has 1 aromatic heterocycles. The second-order valence-electron chi connectivity index (χ2n) is 5.42. The maximum absolute atomic E-state index is 12.0. The number of nitrogens with zero attached hydrogens (tertiary/aromatic N) is 2. The van der Waals surface area contributed by atoms with Crippen molar-refractivity contribution >= 4 is 34.1 Å². The van der Waals surface area contributed by atoms with Crippen molar-refractivity contribution in [2.45, 2.75) is 23.5 Å². The van der Waals surface area contributed by atoms with Gasteiger partial charge in [-0.25, -0.2) is 0 Å². The fourth-order valence-corrected chi connectivity index (χ4v) is 3.81. The van der Waals surface area contributed by atoms with Gasteiger partial charge in [0.1, 0.15) is 10.8 Å². The lowest BCUT2D eigenvalue weighted by molar-refractivity contribution is -0.116. The predicted octanol–water partition coefficient (Wildman–Crippen LogP) is 4.63. The van der Waals surface area contributed by atoms with Gasteiger partial charge in [-0.05, 0) is 30.7 Å². The lowest BCUT2D eigenvalue weighted by Gasteiger charge is -2.05. The van der Waals surface area contributed by atoms with Crippen molar-refractivity contribution in [1.82, 2.24) is 10.2 Å². The summed E-state index contributed by atoms with van der Waals surface area (Å²) in [5, 5.41) is 12.4. The molecule has 1 amide bonds. The monoisotopic (exact) mass is 385 g/mol. The molecule has 5 nitrogen and oxygen atoms in total. The molecule has 3 aromatic rings. The van der Waals surface area contributed by atoms with Gasteiger partial charge in [-0.2, -0.15) is 0 Å². The van der Waals surface area contributed by atoms with Gasteiger partial charge in [0, 0.05) is 11.3 Å². The zero-order valence-electron chi connectivity index (χ0n) is 14.1. The van der Waals surface area contributed by atoms with Gasteiger partial charge in [-0.1, -0.05) is 47.7 Å². The Morgan fingerprint density at radius 1 is 1.04 bits per heavy atom. The van der Waals surface area contributed by atoms with Crippen LogP contribution in [0.25, 0.3) is 0 Å². The van der Waals surface area contributed by atoms with Gasteiger partial charge in [-0.3, -0.25) is 4.79 Å². The van der Waals surface area contributed by atoms with Crippen molar-refractivity contribution in [1.29, 1.82) is 0 Å². The van der Waals surface area contributed by atoms with E-state index in [4.69, 9.17) is 4.74 Å². The van der Waals surface area contributed by atoms with E-state index >= 15 is 0 Å². The van der Waals surface area contributed by atoms with Gasteiger partial charge in [0.15, 0.2) is 0 Å². The van der Waals surface area contributed by atoms with Gasteiger partial charge < -0.3 is 10.1 Å². The van der Waals surface area contributed by atoms with Crippen LogP contribution in [0.2, 0.25) is 0 Å². The lowest BCUT2D eigenvalue weighted by Crippen LogP contribution is -2.12. The quantitative estimate of drug-likeness (QED) is 0.430. The average Bonchev–Trinajstić information content (AvgIpc) is 3.12. The maximum atomic E-state index is 12.0. The molecule has 1 N–H and O–H groups in total.